The van der Waals surface area contributed by atoms with E-state index in [9.17, 15) is 0 Å². The zero-order chi connectivity index (χ0) is 10.8. The van der Waals surface area contributed by atoms with E-state index in [4.69, 9.17) is 9.47 Å². The molecule has 2 heteroatoms. The third kappa shape index (κ3) is 6.49. The minimum absolute atomic E-state index is 0.305. The lowest BCUT2D eigenvalue weighted by atomic mass is 10.4. The molecule has 1 heterocycles. The van der Waals surface area contributed by atoms with Crippen LogP contribution in [0.15, 0.2) is 36.6 Å². The van der Waals surface area contributed by atoms with E-state index in [1.54, 1.807) is 6.08 Å². The zero-order valence-corrected chi connectivity index (χ0v) is 9.32. The lowest BCUT2D eigenvalue weighted by molar-refractivity contribution is 0.193. The summed E-state index contributed by atoms with van der Waals surface area (Å²) in [5, 5.41) is 0. The van der Waals surface area contributed by atoms with Crippen LogP contribution < -0.4 is 0 Å². The summed E-state index contributed by atoms with van der Waals surface area (Å²) < 4.78 is 10.4. The molecule has 0 N–H and O–H groups in total. The first-order valence-corrected chi connectivity index (χ1v) is 5.06. The summed E-state index contributed by atoms with van der Waals surface area (Å²) >= 11 is 0. The van der Waals surface area contributed by atoms with E-state index in [0.717, 1.165) is 12.4 Å². The number of epoxide rings is 1. The van der Waals surface area contributed by atoms with Gasteiger partial charge in [0.15, 0.2) is 0 Å². The van der Waals surface area contributed by atoms with Gasteiger partial charge in [-0.1, -0.05) is 32.6 Å². The van der Waals surface area contributed by atoms with E-state index >= 15 is 0 Å². The van der Waals surface area contributed by atoms with Crippen molar-refractivity contribution in [3.63, 3.8) is 0 Å². The summed E-state index contributed by atoms with van der Waals surface area (Å²) in [6, 6.07) is 0. The third-order valence-electron chi connectivity index (χ3n) is 1.49. The van der Waals surface area contributed by atoms with Crippen molar-refractivity contribution in [3.8, 4) is 0 Å². The van der Waals surface area contributed by atoms with Crippen LogP contribution in [0.1, 0.15) is 20.8 Å². The molecule has 0 aliphatic carbocycles. The van der Waals surface area contributed by atoms with Gasteiger partial charge in [-0.05, 0) is 19.1 Å². The van der Waals surface area contributed by atoms with Crippen LogP contribution in [-0.4, -0.2) is 19.3 Å². The lowest BCUT2D eigenvalue weighted by Gasteiger charge is -2.02. The molecule has 1 aliphatic heterocycles. The Labute approximate surface area is 86.9 Å². The monoisotopic (exact) mass is 196 g/mol. The predicted molar refractivity (Wildman–Crippen MR) is 60.1 cm³/mol. The highest BCUT2D eigenvalue weighted by Crippen LogP contribution is 2.11. The first-order chi connectivity index (χ1) is 6.86. The van der Waals surface area contributed by atoms with Gasteiger partial charge in [-0.25, -0.2) is 0 Å². The number of allylic oxidation sites excluding steroid dienone is 4. The van der Waals surface area contributed by atoms with Gasteiger partial charge in [0.2, 0.25) is 0 Å². The summed E-state index contributed by atoms with van der Waals surface area (Å²) in [6.45, 7) is 11.1. The number of hydrogen-bond acceptors (Lipinski definition) is 2. The fourth-order valence-corrected chi connectivity index (χ4v) is 0.720. The van der Waals surface area contributed by atoms with Crippen molar-refractivity contribution in [2.24, 2.45) is 0 Å². The molecule has 0 aromatic heterocycles. The molecule has 1 saturated heterocycles. The minimum Gasteiger partial charge on any atom is -0.491 e. The molecule has 1 rings (SSSR count). The molecule has 1 atom stereocenters. The Bertz CT molecular complexity index is 200. The van der Waals surface area contributed by atoms with Crippen LogP contribution in [0, 0.1) is 0 Å². The second kappa shape index (κ2) is 8.57. The number of ether oxygens (including phenoxy) is 2. The second-order valence-electron chi connectivity index (χ2n) is 2.57. The first kappa shape index (κ1) is 13.0. The predicted octanol–water partition coefficient (Wildman–Crippen LogP) is 3.07. The van der Waals surface area contributed by atoms with E-state index in [2.05, 4.69) is 6.58 Å². The summed E-state index contributed by atoms with van der Waals surface area (Å²) in [5.74, 6) is 0.795. The van der Waals surface area contributed by atoms with E-state index in [1.165, 1.54) is 0 Å². The SMILES string of the molecule is C=C/C(=C\C=C/C)OCC1CO1.CC. The van der Waals surface area contributed by atoms with Crippen molar-refractivity contribution in [1.29, 1.82) is 0 Å². The van der Waals surface area contributed by atoms with E-state index in [1.807, 2.05) is 39.0 Å². The van der Waals surface area contributed by atoms with Crippen LogP contribution in [-0.2, 0) is 9.47 Å². The van der Waals surface area contributed by atoms with Crippen LogP contribution >= 0.6 is 0 Å². The Hall–Kier alpha value is -1.02. The molecule has 1 fully saturated rings. The Morgan fingerprint density at radius 1 is 1.57 bits per heavy atom. The quantitative estimate of drug-likeness (QED) is 0.383. The Kier molecular flexibility index (Phi) is 7.95. The van der Waals surface area contributed by atoms with Gasteiger partial charge >= 0.3 is 0 Å². The van der Waals surface area contributed by atoms with Crippen molar-refractivity contribution in [1.82, 2.24) is 0 Å². The molecule has 0 aromatic rings. The Balaban J connectivity index is 0.000000791. The summed E-state index contributed by atoms with van der Waals surface area (Å²) in [6.07, 6.45) is 7.75. The van der Waals surface area contributed by atoms with Gasteiger partial charge in [-0.15, -0.1) is 0 Å². The lowest BCUT2D eigenvalue weighted by Crippen LogP contribution is -1.99. The average molecular weight is 196 g/mol. The van der Waals surface area contributed by atoms with Gasteiger partial charge < -0.3 is 9.47 Å². The maximum atomic E-state index is 5.38. The minimum atomic E-state index is 0.305. The van der Waals surface area contributed by atoms with Gasteiger partial charge in [0.1, 0.15) is 18.5 Å². The number of rotatable bonds is 5. The van der Waals surface area contributed by atoms with E-state index in [-0.39, 0.29) is 0 Å². The van der Waals surface area contributed by atoms with Crippen LogP contribution in [0.4, 0.5) is 0 Å². The maximum absolute atomic E-state index is 5.38. The molecule has 0 bridgehead atoms. The standard InChI is InChI=1S/C10H14O2.C2H6/c1-3-5-6-9(4-2)11-7-10-8-12-10;1-2/h3-6,10H,2,7-8H2,1H3;1-2H3/b5-3-,9-6+;. The van der Waals surface area contributed by atoms with Gasteiger partial charge in [0.25, 0.3) is 0 Å². The molecule has 1 unspecified atom stereocenters. The molecular weight excluding hydrogens is 176 g/mol. The van der Waals surface area contributed by atoms with Gasteiger partial charge in [-0.2, -0.15) is 0 Å². The van der Waals surface area contributed by atoms with Crippen LogP contribution in [0.25, 0.3) is 0 Å². The molecule has 80 valence electrons. The smallest absolute Gasteiger partial charge is 0.118 e. The molecule has 0 spiro atoms. The van der Waals surface area contributed by atoms with Gasteiger partial charge in [0.05, 0.1) is 6.61 Å². The average Bonchev–Trinajstić information content (AvgIpc) is 3.05. The van der Waals surface area contributed by atoms with Gasteiger partial charge in [-0.3, -0.25) is 0 Å². The van der Waals surface area contributed by atoms with Crippen molar-refractivity contribution in [2.75, 3.05) is 13.2 Å². The molecule has 1 aliphatic rings. The van der Waals surface area contributed by atoms with Crippen LogP contribution in [0.3, 0.4) is 0 Å². The van der Waals surface area contributed by atoms with Gasteiger partial charge in [0, 0.05) is 0 Å². The van der Waals surface area contributed by atoms with Crippen molar-refractivity contribution < 1.29 is 9.47 Å². The highest BCUT2D eigenvalue weighted by Gasteiger charge is 2.22. The normalized spacial score (nSPS) is 19.9. The molecule has 14 heavy (non-hydrogen) atoms. The fourth-order valence-electron chi connectivity index (χ4n) is 0.720. The van der Waals surface area contributed by atoms with Crippen LogP contribution in [0.2, 0.25) is 0 Å². The molecule has 0 radical (unpaired) electrons. The molecular formula is C12H20O2. The largest absolute Gasteiger partial charge is 0.491 e. The van der Waals surface area contributed by atoms with E-state index in [0.29, 0.717) is 12.7 Å². The second-order valence-corrected chi connectivity index (χ2v) is 2.57. The highest BCUT2D eigenvalue weighted by molar-refractivity contribution is 5.16. The first-order valence-electron chi connectivity index (χ1n) is 5.06. The fraction of sp³-hybridized carbons (Fsp3) is 0.500. The Morgan fingerprint density at radius 2 is 2.21 bits per heavy atom. The summed E-state index contributed by atoms with van der Waals surface area (Å²) in [5.41, 5.74) is 0. The van der Waals surface area contributed by atoms with E-state index < -0.39 is 0 Å². The van der Waals surface area contributed by atoms with Crippen molar-refractivity contribution in [2.45, 2.75) is 26.9 Å². The van der Waals surface area contributed by atoms with Crippen molar-refractivity contribution >= 4 is 0 Å². The topological polar surface area (TPSA) is 21.8 Å². The molecule has 0 aromatic carbocycles. The summed E-state index contributed by atoms with van der Waals surface area (Å²) in [4.78, 5) is 0. The molecule has 2 nitrogen and oxygen atoms in total. The highest BCUT2D eigenvalue weighted by atomic mass is 16.6. The van der Waals surface area contributed by atoms with Crippen LogP contribution in [0.5, 0.6) is 0 Å². The van der Waals surface area contributed by atoms with Crippen molar-refractivity contribution in [3.05, 3.63) is 36.6 Å². The molecule has 0 saturated carbocycles. The summed E-state index contributed by atoms with van der Waals surface area (Å²) in [7, 11) is 0. The third-order valence-corrected chi connectivity index (χ3v) is 1.49. The zero-order valence-electron chi connectivity index (χ0n) is 9.32. The molecule has 0 amide bonds. The maximum Gasteiger partial charge on any atom is 0.118 e. The Morgan fingerprint density at radius 3 is 2.64 bits per heavy atom. The number of hydrogen-bond donors (Lipinski definition) is 0.